The Labute approximate surface area is 130 Å². The number of nitrogens with zero attached hydrogens (tertiary/aromatic N) is 1. The summed E-state index contributed by atoms with van der Waals surface area (Å²) >= 11 is 0. The van der Waals surface area contributed by atoms with Gasteiger partial charge in [0.05, 0.1) is 19.3 Å². The van der Waals surface area contributed by atoms with E-state index in [2.05, 4.69) is 0 Å². The zero-order valence-electron chi connectivity index (χ0n) is 12.8. The van der Waals surface area contributed by atoms with Crippen LogP contribution in [0, 0.1) is 11.2 Å². The summed E-state index contributed by atoms with van der Waals surface area (Å²) in [6, 6.07) is 6.73. The molecule has 1 aromatic carbocycles. The first kappa shape index (κ1) is 15.4. The first-order chi connectivity index (χ1) is 10.6. The number of halogens is 1. The van der Waals surface area contributed by atoms with Crippen molar-refractivity contribution >= 4 is 5.91 Å². The van der Waals surface area contributed by atoms with Crippen LogP contribution in [0.4, 0.5) is 4.39 Å². The predicted molar refractivity (Wildman–Crippen MR) is 81.8 cm³/mol. The van der Waals surface area contributed by atoms with E-state index in [0.29, 0.717) is 0 Å². The van der Waals surface area contributed by atoms with Crippen LogP contribution < -0.4 is 5.73 Å². The minimum atomic E-state index is -0.196. The Morgan fingerprint density at radius 2 is 2.18 bits per heavy atom. The van der Waals surface area contributed by atoms with Gasteiger partial charge in [0.2, 0.25) is 5.91 Å². The summed E-state index contributed by atoms with van der Waals surface area (Å²) in [7, 11) is 0. The van der Waals surface area contributed by atoms with Crippen molar-refractivity contribution in [2.45, 2.75) is 31.8 Å². The Morgan fingerprint density at radius 1 is 1.41 bits per heavy atom. The lowest BCUT2D eigenvalue weighted by Gasteiger charge is -2.38. The number of rotatable bonds is 3. The summed E-state index contributed by atoms with van der Waals surface area (Å²) in [4.78, 5) is 13.5. The lowest BCUT2D eigenvalue weighted by molar-refractivity contribution is -0.132. The fourth-order valence-corrected chi connectivity index (χ4v) is 3.66. The predicted octanol–water partition coefficient (Wildman–Crippen LogP) is 1.72. The van der Waals surface area contributed by atoms with Crippen LogP contribution in [-0.4, -0.2) is 43.2 Å². The fourth-order valence-electron chi connectivity index (χ4n) is 3.66. The van der Waals surface area contributed by atoms with E-state index in [1.807, 2.05) is 11.0 Å². The molecule has 1 unspecified atom stereocenters. The highest BCUT2D eigenvalue weighted by Crippen LogP contribution is 2.42. The highest BCUT2D eigenvalue weighted by molar-refractivity contribution is 5.78. The van der Waals surface area contributed by atoms with Gasteiger partial charge in [0.25, 0.3) is 0 Å². The molecule has 120 valence electrons. The molecule has 1 aromatic rings. The molecule has 0 aromatic heterocycles. The maximum atomic E-state index is 13.3. The number of ether oxygens (including phenoxy) is 1. The Morgan fingerprint density at radius 3 is 2.86 bits per heavy atom. The second-order valence-corrected chi connectivity index (χ2v) is 6.56. The maximum Gasteiger partial charge on any atom is 0.236 e. The summed E-state index contributed by atoms with van der Waals surface area (Å²) in [5.41, 5.74) is 6.59. The molecule has 1 atom stereocenters. The van der Waals surface area contributed by atoms with Crippen LogP contribution in [0.25, 0.3) is 0 Å². The summed E-state index contributed by atoms with van der Waals surface area (Å²) in [6.45, 7) is 2.38. The molecule has 2 fully saturated rings. The van der Waals surface area contributed by atoms with E-state index >= 15 is 0 Å². The molecule has 4 nitrogen and oxygen atoms in total. The number of likely N-dealkylation sites (tertiary alicyclic amines) is 1. The smallest absolute Gasteiger partial charge is 0.236 e. The van der Waals surface area contributed by atoms with Crippen LogP contribution in [-0.2, 0) is 16.0 Å². The largest absolute Gasteiger partial charge is 0.377 e. The van der Waals surface area contributed by atoms with E-state index in [4.69, 9.17) is 10.5 Å². The monoisotopic (exact) mass is 306 g/mol. The molecule has 1 amide bonds. The van der Waals surface area contributed by atoms with E-state index in [9.17, 15) is 9.18 Å². The molecule has 0 radical (unpaired) electrons. The number of benzene rings is 1. The molecule has 0 saturated carbocycles. The summed E-state index contributed by atoms with van der Waals surface area (Å²) in [5.74, 6) is -0.163. The number of carbonyl (C=O) groups excluding carboxylic acids is 1. The van der Waals surface area contributed by atoms with Gasteiger partial charge in [0.1, 0.15) is 5.82 Å². The molecule has 3 rings (SSSR count). The second-order valence-electron chi connectivity index (χ2n) is 6.56. The summed E-state index contributed by atoms with van der Waals surface area (Å²) in [6.07, 6.45) is 3.84. The molecule has 2 saturated heterocycles. The Hall–Kier alpha value is -1.46. The third kappa shape index (κ3) is 3.31. The van der Waals surface area contributed by atoms with E-state index in [-0.39, 0.29) is 29.8 Å². The van der Waals surface area contributed by atoms with E-state index in [1.54, 1.807) is 12.1 Å². The van der Waals surface area contributed by atoms with Gasteiger partial charge in [-0.2, -0.15) is 0 Å². The quantitative estimate of drug-likeness (QED) is 0.925. The van der Waals surface area contributed by atoms with Crippen molar-refractivity contribution in [1.29, 1.82) is 0 Å². The summed E-state index contributed by atoms with van der Waals surface area (Å²) in [5, 5.41) is 0. The van der Waals surface area contributed by atoms with Gasteiger partial charge in [-0.25, -0.2) is 4.39 Å². The molecule has 1 spiro atoms. The number of nitrogens with two attached hydrogens (primary N) is 1. The SMILES string of the molecule is NCC(=O)N1CCC2(CC1)COC(Cc1cccc(F)c1)C2. The van der Waals surface area contributed by atoms with E-state index in [0.717, 1.165) is 50.9 Å². The first-order valence-electron chi connectivity index (χ1n) is 7.94. The third-order valence-corrected chi connectivity index (χ3v) is 4.99. The molecule has 22 heavy (non-hydrogen) atoms. The van der Waals surface area contributed by atoms with Crippen LogP contribution in [0.2, 0.25) is 0 Å². The van der Waals surface area contributed by atoms with Crippen LogP contribution >= 0.6 is 0 Å². The van der Waals surface area contributed by atoms with Crippen LogP contribution in [0.1, 0.15) is 24.8 Å². The van der Waals surface area contributed by atoms with Gasteiger partial charge in [-0.3, -0.25) is 4.79 Å². The zero-order valence-corrected chi connectivity index (χ0v) is 12.8. The number of carbonyl (C=O) groups is 1. The lowest BCUT2D eigenvalue weighted by atomic mass is 9.76. The molecule has 2 heterocycles. The van der Waals surface area contributed by atoms with Crippen molar-refractivity contribution in [3.63, 3.8) is 0 Å². The molecular formula is C17H23FN2O2. The van der Waals surface area contributed by atoms with Gasteiger partial charge in [-0.05, 0) is 48.8 Å². The maximum absolute atomic E-state index is 13.3. The zero-order chi connectivity index (χ0) is 15.6. The highest BCUT2D eigenvalue weighted by atomic mass is 19.1. The van der Waals surface area contributed by atoms with Crippen molar-refractivity contribution in [3.05, 3.63) is 35.6 Å². The minimum Gasteiger partial charge on any atom is -0.377 e. The average Bonchev–Trinajstić information content (AvgIpc) is 2.90. The molecule has 2 N–H and O–H groups in total. The Bertz CT molecular complexity index is 541. The highest BCUT2D eigenvalue weighted by Gasteiger charge is 2.42. The topological polar surface area (TPSA) is 55.6 Å². The van der Waals surface area contributed by atoms with Gasteiger partial charge < -0.3 is 15.4 Å². The van der Waals surface area contributed by atoms with Gasteiger partial charge in [-0.1, -0.05) is 12.1 Å². The van der Waals surface area contributed by atoms with E-state index < -0.39 is 0 Å². The summed E-state index contributed by atoms with van der Waals surface area (Å²) < 4.78 is 19.2. The number of hydrogen-bond donors (Lipinski definition) is 1. The second kappa shape index (κ2) is 6.34. The lowest BCUT2D eigenvalue weighted by Crippen LogP contribution is -2.45. The van der Waals surface area contributed by atoms with Crippen LogP contribution in [0.3, 0.4) is 0 Å². The number of amides is 1. The molecule has 5 heteroatoms. The van der Waals surface area contributed by atoms with Gasteiger partial charge in [0, 0.05) is 13.1 Å². The Balaban J connectivity index is 1.55. The van der Waals surface area contributed by atoms with Crippen molar-refractivity contribution in [2.24, 2.45) is 11.1 Å². The van der Waals surface area contributed by atoms with Crippen molar-refractivity contribution < 1.29 is 13.9 Å². The van der Waals surface area contributed by atoms with Crippen molar-refractivity contribution in [1.82, 2.24) is 4.90 Å². The first-order valence-corrected chi connectivity index (χ1v) is 7.94. The number of hydrogen-bond acceptors (Lipinski definition) is 3. The van der Waals surface area contributed by atoms with Gasteiger partial charge in [0.15, 0.2) is 0 Å². The molecule has 2 aliphatic rings. The van der Waals surface area contributed by atoms with Gasteiger partial charge >= 0.3 is 0 Å². The molecule has 2 aliphatic heterocycles. The molecule has 0 aliphatic carbocycles. The van der Waals surface area contributed by atoms with Crippen molar-refractivity contribution in [2.75, 3.05) is 26.2 Å². The van der Waals surface area contributed by atoms with E-state index in [1.165, 1.54) is 6.07 Å². The molecular weight excluding hydrogens is 283 g/mol. The van der Waals surface area contributed by atoms with Crippen molar-refractivity contribution in [3.8, 4) is 0 Å². The third-order valence-electron chi connectivity index (χ3n) is 4.99. The minimum absolute atomic E-state index is 0.0325. The standard InChI is InChI=1S/C17H23FN2O2/c18-14-3-1-2-13(8-14)9-15-10-17(12-22-15)4-6-20(7-5-17)16(21)11-19/h1-3,8,15H,4-7,9-12,19H2. The molecule has 0 bridgehead atoms. The van der Waals surface area contributed by atoms with Crippen LogP contribution in [0.15, 0.2) is 24.3 Å². The normalized spacial score (nSPS) is 23.9. The average molecular weight is 306 g/mol. The number of piperidine rings is 1. The van der Waals surface area contributed by atoms with Gasteiger partial charge in [-0.15, -0.1) is 0 Å². The van der Waals surface area contributed by atoms with Crippen LogP contribution in [0.5, 0.6) is 0 Å². The fraction of sp³-hybridized carbons (Fsp3) is 0.588. The Kier molecular flexibility index (Phi) is 4.45.